The number of hydrogen-bond acceptors (Lipinski definition) is 3. The van der Waals surface area contributed by atoms with Gasteiger partial charge in [-0.25, -0.2) is 0 Å². The number of likely N-dealkylation sites (tertiary alicyclic amines) is 1. The molecule has 0 aromatic heterocycles. The second kappa shape index (κ2) is 6.76. The van der Waals surface area contributed by atoms with Crippen LogP contribution in [0.3, 0.4) is 0 Å². The number of rotatable bonds is 5. The van der Waals surface area contributed by atoms with E-state index in [1.165, 1.54) is 25.8 Å². The Bertz CT molecular complexity index is 367. The van der Waals surface area contributed by atoms with Gasteiger partial charge in [0.1, 0.15) is 5.75 Å². The summed E-state index contributed by atoms with van der Waals surface area (Å²) in [6.07, 6.45) is 5.10. The summed E-state index contributed by atoms with van der Waals surface area (Å²) >= 11 is 0. The highest BCUT2D eigenvalue weighted by atomic mass is 16.5. The largest absolute Gasteiger partial charge is 0.493 e. The maximum Gasteiger partial charge on any atom is 0.123 e. The van der Waals surface area contributed by atoms with E-state index in [2.05, 4.69) is 11.9 Å². The molecule has 100 valence electrons. The first kappa shape index (κ1) is 13.4. The normalized spacial score (nSPS) is 20.9. The van der Waals surface area contributed by atoms with Gasteiger partial charge < -0.3 is 15.4 Å². The van der Waals surface area contributed by atoms with Crippen LogP contribution in [-0.4, -0.2) is 31.1 Å². The summed E-state index contributed by atoms with van der Waals surface area (Å²) in [6.45, 7) is 2.55. The van der Waals surface area contributed by atoms with Crippen LogP contribution in [0.5, 0.6) is 5.75 Å². The Hall–Kier alpha value is -1.06. The average molecular weight is 248 g/mol. The van der Waals surface area contributed by atoms with Gasteiger partial charge in [0.2, 0.25) is 0 Å². The van der Waals surface area contributed by atoms with Gasteiger partial charge in [-0.15, -0.1) is 0 Å². The van der Waals surface area contributed by atoms with Crippen LogP contribution in [0.25, 0.3) is 0 Å². The van der Waals surface area contributed by atoms with Gasteiger partial charge in [-0.3, -0.25) is 0 Å². The monoisotopic (exact) mass is 248 g/mol. The minimum atomic E-state index is 0.541. The molecule has 0 bridgehead atoms. The number of ether oxygens (including phenoxy) is 1. The fourth-order valence-corrected chi connectivity index (χ4v) is 2.63. The molecule has 2 N–H and O–H groups in total. The summed E-state index contributed by atoms with van der Waals surface area (Å²) in [6, 6.07) is 8.73. The SMILES string of the molecule is CN1CCCCC1CCOc1ccccc1CN. The molecule has 3 heteroatoms. The molecule has 1 saturated heterocycles. The summed E-state index contributed by atoms with van der Waals surface area (Å²) in [5, 5.41) is 0. The predicted octanol–water partition coefficient (Wildman–Crippen LogP) is 2.40. The highest BCUT2D eigenvalue weighted by Crippen LogP contribution is 2.20. The van der Waals surface area contributed by atoms with Crippen LogP contribution in [-0.2, 0) is 6.54 Å². The predicted molar refractivity (Wildman–Crippen MR) is 74.7 cm³/mol. The van der Waals surface area contributed by atoms with Crippen LogP contribution in [0.1, 0.15) is 31.2 Å². The van der Waals surface area contributed by atoms with Crippen molar-refractivity contribution in [2.24, 2.45) is 5.73 Å². The lowest BCUT2D eigenvalue weighted by Crippen LogP contribution is -2.37. The van der Waals surface area contributed by atoms with Crippen LogP contribution in [0.4, 0.5) is 0 Å². The minimum Gasteiger partial charge on any atom is -0.493 e. The zero-order chi connectivity index (χ0) is 12.8. The van der Waals surface area contributed by atoms with Crippen molar-refractivity contribution in [3.8, 4) is 5.75 Å². The van der Waals surface area contributed by atoms with E-state index in [0.717, 1.165) is 24.3 Å². The van der Waals surface area contributed by atoms with E-state index in [1.54, 1.807) is 0 Å². The standard InChI is InChI=1S/C15H24N2O/c1-17-10-5-4-7-14(17)9-11-18-15-8-3-2-6-13(15)12-16/h2-3,6,8,14H,4-5,7,9-12,16H2,1H3. The second-order valence-corrected chi connectivity index (χ2v) is 5.08. The number of piperidine rings is 1. The number of benzene rings is 1. The van der Waals surface area contributed by atoms with Crippen molar-refractivity contribution in [3.05, 3.63) is 29.8 Å². The maximum absolute atomic E-state index is 5.87. The van der Waals surface area contributed by atoms with E-state index in [0.29, 0.717) is 12.6 Å². The summed E-state index contributed by atoms with van der Waals surface area (Å²) in [5.74, 6) is 0.943. The minimum absolute atomic E-state index is 0.541. The van der Waals surface area contributed by atoms with Gasteiger partial charge in [0.15, 0.2) is 0 Å². The maximum atomic E-state index is 5.87. The third-order valence-electron chi connectivity index (χ3n) is 3.82. The van der Waals surface area contributed by atoms with Crippen LogP contribution >= 0.6 is 0 Å². The average Bonchev–Trinajstić information content (AvgIpc) is 2.41. The first-order valence-corrected chi connectivity index (χ1v) is 6.92. The molecule has 0 amide bonds. The molecule has 1 aromatic rings. The lowest BCUT2D eigenvalue weighted by molar-refractivity contribution is 0.153. The van der Waals surface area contributed by atoms with Crippen LogP contribution in [0.2, 0.25) is 0 Å². The van der Waals surface area contributed by atoms with E-state index in [4.69, 9.17) is 10.5 Å². The number of hydrogen-bond donors (Lipinski definition) is 1. The summed E-state index contributed by atoms with van der Waals surface area (Å²) in [4.78, 5) is 2.46. The van der Waals surface area contributed by atoms with E-state index < -0.39 is 0 Å². The van der Waals surface area contributed by atoms with Crippen molar-refractivity contribution in [3.63, 3.8) is 0 Å². The van der Waals surface area contributed by atoms with Gasteiger partial charge in [-0.2, -0.15) is 0 Å². The molecule has 1 unspecified atom stereocenters. The first-order valence-electron chi connectivity index (χ1n) is 6.92. The lowest BCUT2D eigenvalue weighted by Gasteiger charge is -2.32. The van der Waals surface area contributed by atoms with Crippen molar-refractivity contribution < 1.29 is 4.74 Å². The third-order valence-corrected chi connectivity index (χ3v) is 3.82. The zero-order valence-corrected chi connectivity index (χ0v) is 11.3. The van der Waals surface area contributed by atoms with Gasteiger partial charge in [0, 0.05) is 18.2 Å². The smallest absolute Gasteiger partial charge is 0.123 e. The van der Waals surface area contributed by atoms with E-state index in [9.17, 15) is 0 Å². The molecule has 0 saturated carbocycles. The molecule has 18 heavy (non-hydrogen) atoms. The quantitative estimate of drug-likeness (QED) is 0.869. The van der Waals surface area contributed by atoms with Crippen molar-refractivity contribution in [1.82, 2.24) is 4.90 Å². The molecular formula is C15H24N2O. The Morgan fingerprint density at radius 1 is 1.33 bits per heavy atom. The summed E-state index contributed by atoms with van der Waals surface area (Å²) < 4.78 is 5.87. The molecule has 1 aliphatic heterocycles. The molecule has 1 fully saturated rings. The topological polar surface area (TPSA) is 38.5 Å². The van der Waals surface area contributed by atoms with Crippen LogP contribution in [0.15, 0.2) is 24.3 Å². The molecule has 0 spiro atoms. The second-order valence-electron chi connectivity index (χ2n) is 5.08. The van der Waals surface area contributed by atoms with Crippen LogP contribution in [0, 0.1) is 0 Å². The molecule has 1 aliphatic rings. The lowest BCUT2D eigenvalue weighted by atomic mass is 10.0. The van der Waals surface area contributed by atoms with E-state index >= 15 is 0 Å². The Morgan fingerprint density at radius 2 is 2.17 bits per heavy atom. The Morgan fingerprint density at radius 3 is 2.94 bits per heavy atom. The molecule has 0 radical (unpaired) electrons. The van der Waals surface area contributed by atoms with Gasteiger partial charge in [-0.1, -0.05) is 24.6 Å². The van der Waals surface area contributed by atoms with Gasteiger partial charge >= 0.3 is 0 Å². The molecule has 0 aliphatic carbocycles. The Balaban J connectivity index is 1.80. The van der Waals surface area contributed by atoms with Gasteiger partial charge in [0.25, 0.3) is 0 Å². The number of nitrogens with zero attached hydrogens (tertiary/aromatic N) is 1. The van der Waals surface area contributed by atoms with Gasteiger partial charge in [0.05, 0.1) is 6.61 Å². The molecule has 1 aromatic carbocycles. The summed E-state index contributed by atoms with van der Waals surface area (Å²) in [7, 11) is 2.22. The van der Waals surface area contributed by atoms with E-state index in [1.807, 2.05) is 24.3 Å². The Labute approximate surface area is 110 Å². The number of nitrogens with two attached hydrogens (primary N) is 1. The highest BCUT2D eigenvalue weighted by molar-refractivity contribution is 5.32. The molecule has 3 nitrogen and oxygen atoms in total. The van der Waals surface area contributed by atoms with Crippen molar-refractivity contribution >= 4 is 0 Å². The first-order chi connectivity index (χ1) is 8.81. The van der Waals surface area contributed by atoms with Crippen molar-refractivity contribution in [2.75, 3.05) is 20.2 Å². The highest BCUT2D eigenvalue weighted by Gasteiger charge is 2.18. The molecule has 2 rings (SSSR count). The molecular weight excluding hydrogens is 224 g/mol. The summed E-state index contributed by atoms with van der Waals surface area (Å²) in [5.41, 5.74) is 6.79. The molecule has 1 atom stereocenters. The van der Waals surface area contributed by atoms with E-state index in [-0.39, 0.29) is 0 Å². The Kier molecular flexibility index (Phi) is 5.02. The third kappa shape index (κ3) is 3.47. The van der Waals surface area contributed by atoms with Crippen molar-refractivity contribution in [1.29, 1.82) is 0 Å². The zero-order valence-electron chi connectivity index (χ0n) is 11.3. The molecule has 1 heterocycles. The number of para-hydroxylation sites is 1. The van der Waals surface area contributed by atoms with Gasteiger partial charge in [-0.05, 0) is 38.9 Å². The fourth-order valence-electron chi connectivity index (χ4n) is 2.63. The van der Waals surface area contributed by atoms with Crippen molar-refractivity contribution in [2.45, 2.75) is 38.3 Å². The fraction of sp³-hybridized carbons (Fsp3) is 0.600. The van der Waals surface area contributed by atoms with Crippen LogP contribution < -0.4 is 10.5 Å².